The van der Waals surface area contributed by atoms with Gasteiger partial charge in [-0.15, -0.1) is 0 Å². The van der Waals surface area contributed by atoms with Gasteiger partial charge in [-0.3, -0.25) is 14.4 Å². The van der Waals surface area contributed by atoms with E-state index in [0.29, 0.717) is 59.5 Å². The molecule has 2 spiro atoms. The summed E-state index contributed by atoms with van der Waals surface area (Å²) in [6.45, 7) is 23.2. The fraction of sp³-hybridized carbons (Fsp3) is 0.900. The smallest absolute Gasteiger partial charge is 0.310 e. The van der Waals surface area contributed by atoms with E-state index >= 15 is 0 Å². The standard InChI is InChI=1S/C50H78O5/c1-31(33-17-23-47(9)39-15-14-37-43(4,5)40(52)19-25-49(37)30-50(39,49)27-26-46(33,47)8)28-35(51)34-29-32(16-22-44(34,6)41(53)54)12-13-38-45(7)21-11-20-42(2,3)36(45)18-24-48(38,10)55/h16,31,33-34,36-39,55H,11-15,17-30H2,1-10H3,(H,53,54). The van der Waals surface area contributed by atoms with Gasteiger partial charge in [0.1, 0.15) is 11.6 Å². The molecule has 5 nitrogen and oxygen atoms in total. The van der Waals surface area contributed by atoms with Gasteiger partial charge in [-0.05, 0) is 185 Å². The molecular formula is C50H78O5. The predicted octanol–water partition coefficient (Wildman–Crippen LogP) is 11.8. The van der Waals surface area contributed by atoms with E-state index in [1.807, 2.05) is 6.92 Å². The molecule has 8 aliphatic rings. The van der Waals surface area contributed by atoms with Crippen LogP contribution in [0.25, 0.3) is 0 Å². The van der Waals surface area contributed by atoms with Crippen LogP contribution in [0.3, 0.4) is 0 Å². The maximum atomic E-state index is 14.7. The number of carbonyl (C=O) groups is 3. The summed E-state index contributed by atoms with van der Waals surface area (Å²) in [5.41, 5.74) is 0.817. The summed E-state index contributed by atoms with van der Waals surface area (Å²) in [4.78, 5) is 40.8. The maximum absolute atomic E-state index is 14.7. The Morgan fingerprint density at radius 1 is 0.800 bits per heavy atom. The van der Waals surface area contributed by atoms with Crippen LogP contribution in [0.2, 0.25) is 0 Å². The van der Waals surface area contributed by atoms with Crippen molar-refractivity contribution in [1.82, 2.24) is 0 Å². The van der Waals surface area contributed by atoms with Gasteiger partial charge in [0.25, 0.3) is 0 Å². The first kappa shape index (κ1) is 40.3. The highest BCUT2D eigenvalue weighted by atomic mass is 16.4. The molecule has 14 atom stereocenters. The number of carbonyl (C=O) groups excluding carboxylic acids is 2. The molecule has 0 aromatic carbocycles. The molecule has 0 bridgehead atoms. The van der Waals surface area contributed by atoms with Crippen molar-refractivity contribution >= 4 is 17.5 Å². The summed E-state index contributed by atoms with van der Waals surface area (Å²) >= 11 is 0. The van der Waals surface area contributed by atoms with Crippen molar-refractivity contribution in [2.45, 2.75) is 197 Å². The van der Waals surface area contributed by atoms with Crippen LogP contribution in [0.1, 0.15) is 191 Å². The third kappa shape index (κ3) is 5.40. The zero-order valence-electron chi connectivity index (χ0n) is 36.7. The summed E-state index contributed by atoms with van der Waals surface area (Å²) in [5, 5.41) is 22.5. The van der Waals surface area contributed by atoms with Crippen molar-refractivity contribution in [2.24, 2.45) is 84.7 Å². The molecule has 0 saturated heterocycles. The fourth-order valence-corrected chi connectivity index (χ4v) is 18.3. The Bertz CT molecular complexity index is 1650. The minimum atomic E-state index is -1.08. The molecule has 0 radical (unpaired) electrons. The molecule has 14 unspecified atom stereocenters. The number of Topliss-reactive ketones (excluding diaryl/α,β-unsaturated/α-hetero) is 2. The lowest BCUT2D eigenvalue weighted by atomic mass is 9.42. The number of carboxylic acids is 1. The van der Waals surface area contributed by atoms with Gasteiger partial charge in [0, 0.05) is 24.2 Å². The Kier molecular flexibility index (Phi) is 9.17. The SMILES string of the molecule is CC(CC(=O)C1CC(CCC2C(C)(O)CCC3C(C)(C)CCCC32C)=CCC1(C)C(=O)O)C1CCC2(C)C3CCC4C(C)(C)C(=O)CCC45CC35CCC12C. The average Bonchev–Trinajstić information content (AvgIpc) is 3.67. The number of hydrogen-bond acceptors (Lipinski definition) is 4. The summed E-state index contributed by atoms with van der Waals surface area (Å²) in [5.74, 6) is 2.02. The highest BCUT2D eigenvalue weighted by Gasteiger charge is 2.82. The third-order valence-corrected chi connectivity index (χ3v) is 21.6. The molecule has 55 heavy (non-hydrogen) atoms. The molecule has 7 fully saturated rings. The lowest BCUT2D eigenvalue weighted by Gasteiger charge is -2.62. The molecule has 8 aliphatic carbocycles. The van der Waals surface area contributed by atoms with E-state index < -0.39 is 22.9 Å². The van der Waals surface area contributed by atoms with Crippen LogP contribution in [0.5, 0.6) is 0 Å². The van der Waals surface area contributed by atoms with E-state index in [0.717, 1.165) is 38.5 Å². The zero-order chi connectivity index (χ0) is 40.0. The van der Waals surface area contributed by atoms with Gasteiger partial charge in [-0.1, -0.05) is 73.5 Å². The molecule has 0 heterocycles. The number of aliphatic hydroxyl groups is 1. The van der Waals surface area contributed by atoms with Gasteiger partial charge >= 0.3 is 5.97 Å². The van der Waals surface area contributed by atoms with Crippen molar-refractivity contribution in [3.63, 3.8) is 0 Å². The van der Waals surface area contributed by atoms with Crippen molar-refractivity contribution < 1.29 is 24.6 Å². The summed E-state index contributed by atoms with van der Waals surface area (Å²) in [6.07, 6.45) is 21.4. The van der Waals surface area contributed by atoms with Crippen molar-refractivity contribution in [2.75, 3.05) is 0 Å². The molecule has 308 valence electrons. The van der Waals surface area contributed by atoms with Crippen molar-refractivity contribution in [3.8, 4) is 0 Å². The quantitative estimate of drug-likeness (QED) is 0.241. The second-order valence-corrected chi connectivity index (χ2v) is 24.4. The number of allylic oxidation sites excluding steroid dienone is 2. The van der Waals surface area contributed by atoms with E-state index in [2.05, 4.69) is 68.4 Å². The second-order valence-electron chi connectivity index (χ2n) is 24.4. The monoisotopic (exact) mass is 759 g/mol. The largest absolute Gasteiger partial charge is 0.481 e. The Hall–Kier alpha value is -1.49. The number of carboxylic acid groups (broad SMARTS) is 1. The zero-order valence-corrected chi connectivity index (χ0v) is 36.7. The number of fused-ring (bicyclic) bond motifs is 3. The van der Waals surface area contributed by atoms with Gasteiger partial charge in [0.15, 0.2) is 0 Å². The number of aliphatic carboxylic acids is 1. The van der Waals surface area contributed by atoms with Crippen molar-refractivity contribution in [3.05, 3.63) is 11.6 Å². The van der Waals surface area contributed by atoms with Crippen LogP contribution in [0.4, 0.5) is 0 Å². The van der Waals surface area contributed by atoms with Crippen LogP contribution < -0.4 is 0 Å². The van der Waals surface area contributed by atoms with Crippen LogP contribution in [0, 0.1) is 84.7 Å². The molecule has 0 aromatic heterocycles. The fourth-order valence-electron chi connectivity index (χ4n) is 18.3. The topological polar surface area (TPSA) is 91.7 Å². The van der Waals surface area contributed by atoms with E-state index in [9.17, 15) is 24.6 Å². The molecule has 8 rings (SSSR count). The normalized spacial score (nSPS) is 51.3. The van der Waals surface area contributed by atoms with Crippen molar-refractivity contribution in [1.29, 1.82) is 0 Å². The first-order valence-corrected chi connectivity index (χ1v) is 23.2. The lowest BCUT2D eigenvalue weighted by molar-refractivity contribution is -0.169. The lowest BCUT2D eigenvalue weighted by Crippen LogP contribution is -2.57. The molecule has 7 saturated carbocycles. The predicted molar refractivity (Wildman–Crippen MR) is 219 cm³/mol. The Labute approximate surface area is 334 Å². The summed E-state index contributed by atoms with van der Waals surface area (Å²) in [7, 11) is 0. The van der Waals surface area contributed by atoms with Gasteiger partial charge < -0.3 is 10.2 Å². The molecule has 0 aliphatic heterocycles. The number of hydrogen-bond donors (Lipinski definition) is 2. The second kappa shape index (κ2) is 12.5. The van der Waals surface area contributed by atoms with E-state index in [1.54, 1.807) is 0 Å². The highest BCUT2D eigenvalue weighted by molar-refractivity contribution is 5.89. The summed E-state index contributed by atoms with van der Waals surface area (Å²) < 4.78 is 0. The Morgan fingerprint density at radius 3 is 2.20 bits per heavy atom. The molecule has 0 aromatic rings. The Balaban J connectivity index is 0.969. The van der Waals surface area contributed by atoms with Crippen LogP contribution >= 0.6 is 0 Å². The minimum absolute atomic E-state index is 0.0923. The molecule has 0 amide bonds. The van der Waals surface area contributed by atoms with Gasteiger partial charge in [-0.2, -0.15) is 0 Å². The number of rotatable bonds is 8. The van der Waals surface area contributed by atoms with Crippen LogP contribution in [-0.2, 0) is 14.4 Å². The third-order valence-electron chi connectivity index (χ3n) is 21.6. The molecule has 5 heteroatoms. The number of ketones is 2. The van der Waals surface area contributed by atoms with E-state index in [-0.39, 0.29) is 44.7 Å². The maximum Gasteiger partial charge on any atom is 0.310 e. The van der Waals surface area contributed by atoms with Gasteiger partial charge in [-0.25, -0.2) is 0 Å². The first-order chi connectivity index (χ1) is 25.5. The minimum Gasteiger partial charge on any atom is -0.481 e. The molecular weight excluding hydrogens is 681 g/mol. The summed E-state index contributed by atoms with van der Waals surface area (Å²) in [6, 6.07) is 0. The first-order valence-electron chi connectivity index (χ1n) is 23.2. The van der Waals surface area contributed by atoms with E-state index in [4.69, 9.17) is 0 Å². The molecule has 2 N–H and O–H groups in total. The highest BCUT2D eigenvalue weighted by Crippen LogP contribution is 2.89. The van der Waals surface area contributed by atoms with E-state index in [1.165, 1.54) is 69.8 Å². The van der Waals surface area contributed by atoms with Gasteiger partial charge in [0.2, 0.25) is 0 Å². The average molecular weight is 759 g/mol. The van der Waals surface area contributed by atoms with Crippen LogP contribution in [0.15, 0.2) is 11.6 Å². The van der Waals surface area contributed by atoms with Gasteiger partial charge in [0.05, 0.1) is 11.0 Å². The van der Waals surface area contributed by atoms with Crippen LogP contribution in [-0.4, -0.2) is 33.3 Å². The Morgan fingerprint density at radius 2 is 1.49 bits per heavy atom.